The topological polar surface area (TPSA) is 55.8 Å². The summed E-state index contributed by atoms with van der Waals surface area (Å²) >= 11 is 0. The number of ether oxygens (including phenoxy) is 2. The SMILES string of the molecule is CCOc1ccccc1/C=C/C(=O)OCC(=O)N1CCc2ccccc2C1. The maximum Gasteiger partial charge on any atom is 0.331 e. The minimum absolute atomic E-state index is 0.180. The monoisotopic (exact) mass is 365 g/mol. The van der Waals surface area contributed by atoms with Gasteiger partial charge >= 0.3 is 5.97 Å². The Morgan fingerprint density at radius 3 is 2.63 bits per heavy atom. The predicted molar refractivity (Wildman–Crippen MR) is 103 cm³/mol. The Morgan fingerprint density at radius 1 is 1.07 bits per heavy atom. The first-order chi connectivity index (χ1) is 13.2. The summed E-state index contributed by atoms with van der Waals surface area (Å²) in [6.07, 6.45) is 3.77. The first kappa shape index (κ1) is 18.7. The van der Waals surface area contributed by atoms with Gasteiger partial charge in [-0.25, -0.2) is 4.79 Å². The van der Waals surface area contributed by atoms with E-state index in [2.05, 4.69) is 6.07 Å². The van der Waals surface area contributed by atoms with Crippen molar-refractivity contribution in [3.05, 3.63) is 71.3 Å². The van der Waals surface area contributed by atoms with Crippen LogP contribution in [-0.4, -0.2) is 36.5 Å². The van der Waals surface area contributed by atoms with Gasteiger partial charge < -0.3 is 14.4 Å². The normalized spacial score (nSPS) is 13.3. The number of hydrogen-bond acceptors (Lipinski definition) is 4. The molecule has 1 aliphatic heterocycles. The van der Waals surface area contributed by atoms with E-state index < -0.39 is 5.97 Å². The molecule has 0 spiro atoms. The lowest BCUT2D eigenvalue weighted by molar-refractivity contribution is -0.148. The third kappa shape index (κ3) is 4.97. The van der Waals surface area contributed by atoms with Crippen LogP contribution in [0.5, 0.6) is 5.75 Å². The number of nitrogens with zero attached hydrogens (tertiary/aromatic N) is 1. The Kier molecular flexibility index (Phi) is 6.26. The number of rotatable bonds is 6. The van der Waals surface area contributed by atoms with Crippen molar-refractivity contribution in [2.75, 3.05) is 19.8 Å². The van der Waals surface area contributed by atoms with Crippen molar-refractivity contribution in [1.82, 2.24) is 4.90 Å². The van der Waals surface area contributed by atoms with Crippen LogP contribution >= 0.6 is 0 Å². The lowest BCUT2D eigenvalue weighted by Gasteiger charge is -2.28. The molecule has 3 rings (SSSR count). The number of esters is 1. The lowest BCUT2D eigenvalue weighted by Crippen LogP contribution is -2.38. The van der Waals surface area contributed by atoms with Crippen molar-refractivity contribution in [1.29, 1.82) is 0 Å². The van der Waals surface area contributed by atoms with Crippen LogP contribution in [0.1, 0.15) is 23.6 Å². The van der Waals surface area contributed by atoms with E-state index in [1.807, 2.05) is 49.4 Å². The van der Waals surface area contributed by atoms with Gasteiger partial charge in [-0.2, -0.15) is 0 Å². The highest BCUT2D eigenvalue weighted by Crippen LogP contribution is 2.20. The van der Waals surface area contributed by atoms with Gasteiger partial charge in [0.05, 0.1) is 6.61 Å². The van der Waals surface area contributed by atoms with Gasteiger partial charge in [0.2, 0.25) is 0 Å². The summed E-state index contributed by atoms with van der Waals surface area (Å²) in [5, 5.41) is 0. The van der Waals surface area contributed by atoms with Crippen LogP contribution in [0, 0.1) is 0 Å². The van der Waals surface area contributed by atoms with Crippen molar-refractivity contribution >= 4 is 18.0 Å². The molecule has 1 aliphatic rings. The molecule has 0 bridgehead atoms. The van der Waals surface area contributed by atoms with Crippen LogP contribution in [-0.2, 0) is 27.3 Å². The van der Waals surface area contributed by atoms with Crippen LogP contribution in [0.25, 0.3) is 6.08 Å². The summed E-state index contributed by atoms with van der Waals surface area (Å²) in [7, 11) is 0. The second kappa shape index (κ2) is 9.03. The molecule has 0 aliphatic carbocycles. The highest BCUT2D eigenvalue weighted by atomic mass is 16.5. The number of hydrogen-bond donors (Lipinski definition) is 0. The van der Waals surface area contributed by atoms with Crippen LogP contribution in [0.2, 0.25) is 0 Å². The molecular weight excluding hydrogens is 342 g/mol. The highest BCUT2D eigenvalue weighted by molar-refractivity contribution is 5.89. The highest BCUT2D eigenvalue weighted by Gasteiger charge is 2.20. The van der Waals surface area contributed by atoms with Gasteiger partial charge in [0.25, 0.3) is 5.91 Å². The molecule has 5 nitrogen and oxygen atoms in total. The summed E-state index contributed by atoms with van der Waals surface area (Å²) < 4.78 is 10.6. The van der Waals surface area contributed by atoms with Crippen molar-refractivity contribution in [2.45, 2.75) is 19.9 Å². The molecule has 0 N–H and O–H groups in total. The molecule has 0 unspecified atom stereocenters. The minimum Gasteiger partial charge on any atom is -0.493 e. The van der Waals surface area contributed by atoms with E-state index in [0.29, 0.717) is 25.4 Å². The van der Waals surface area contributed by atoms with E-state index >= 15 is 0 Å². The third-order valence-electron chi connectivity index (χ3n) is 4.44. The lowest BCUT2D eigenvalue weighted by atomic mass is 10.00. The van der Waals surface area contributed by atoms with E-state index in [-0.39, 0.29) is 12.5 Å². The number of para-hydroxylation sites is 1. The molecule has 0 aromatic heterocycles. The third-order valence-corrected chi connectivity index (χ3v) is 4.44. The maximum absolute atomic E-state index is 12.3. The van der Waals surface area contributed by atoms with Gasteiger partial charge in [-0.1, -0.05) is 42.5 Å². The van der Waals surface area contributed by atoms with Gasteiger partial charge in [0, 0.05) is 24.7 Å². The quantitative estimate of drug-likeness (QED) is 0.583. The first-order valence-corrected chi connectivity index (χ1v) is 9.08. The Hall–Kier alpha value is -3.08. The number of amides is 1. The molecule has 1 amide bonds. The van der Waals surface area contributed by atoms with Crippen LogP contribution in [0.4, 0.5) is 0 Å². The van der Waals surface area contributed by atoms with Crippen molar-refractivity contribution < 1.29 is 19.1 Å². The predicted octanol–water partition coefficient (Wildman–Crippen LogP) is 3.23. The summed E-state index contributed by atoms with van der Waals surface area (Å²) in [5.41, 5.74) is 3.21. The van der Waals surface area contributed by atoms with E-state index in [0.717, 1.165) is 17.5 Å². The Morgan fingerprint density at radius 2 is 1.81 bits per heavy atom. The maximum atomic E-state index is 12.3. The fourth-order valence-electron chi connectivity index (χ4n) is 3.04. The van der Waals surface area contributed by atoms with Crippen LogP contribution in [0.3, 0.4) is 0 Å². The second-order valence-corrected chi connectivity index (χ2v) is 6.25. The molecule has 5 heteroatoms. The average Bonchev–Trinajstić information content (AvgIpc) is 2.71. The van der Waals surface area contributed by atoms with E-state index in [1.165, 1.54) is 11.6 Å². The van der Waals surface area contributed by atoms with Gasteiger partial charge in [0.1, 0.15) is 5.75 Å². The summed E-state index contributed by atoms with van der Waals surface area (Å²) in [5.74, 6) is -0.0276. The summed E-state index contributed by atoms with van der Waals surface area (Å²) in [4.78, 5) is 26.0. The molecule has 2 aromatic rings. The summed E-state index contributed by atoms with van der Waals surface area (Å²) in [6, 6.07) is 15.5. The number of carbonyl (C=O) groups excluding carboxylic acids is 2. The van der Waals surface area contributed by atoms with Crippen LogP contribution < -0.4 is 4.74 Å². The Bertz CT molecular complexity index is 844. The number of benzene rings is 2. The van der Waals surface area contributed by atoms with Crippen molar-refractivity contribution in [3.63, 3.8) is 0 Å². The second-order valence-electron chi connectivity index (χ2n) is 6.25. The zero-order chi connectivity index (χ0) is 19.1. The van der Waals surface area contributed by atoms with Gasteiger partial charge in [0.15, 0.2) is 6.61 Å². The number of carbonyl (C=O) groups is 2. The van der Waals surface area contributed by atoms with E-state index in [4.69, 9.17) is 9.47 Å². The summed E-state index contributed by atoms with van der Waals surface area (Å²) in [6.45, 7) is 3.40. The molecule has 1 heterocycles. The molecule has 0 atom stereocenters. The minimum atomic E-state index is -0.549. The standard InChI is InChI=1S/C22H23NO4/c1-2-26-20-10-6-5-8-18(20)11-12-22(25)27-16-21(24)23-14-13-17-7-3-4-9-19(17)15-23/h3-12H,2,13-16H2,1H3/b12-11+. The fourth-order valence-corrected chi connectivity index (χ4v) is 3.04. The van der Waals surface area contributed by atoms with E-state index in [9.17, 15) is 9.59 Å². The van der Waals surface area contributed by atoms with Gasteiger partial charge in [-0.3, -0.25) is 4.79 Å². The molecule has 27 heavy (non-hydrogen) atoms. The number of fused-ring (bicyclic) bond motifs is 1. The molecular formula is C22H23NO4. The molecule has 140 valence electrons. The van der Waals surface area contributed by atoms with Crippen molar-refractivity contribution in [2.24, 2.45) is 0 Å². The fraction of sp³-hybridized carbons (Fsp3) is 0.273. The Balaban J connectivity index is 1.51. The zero-order valence-electron chi connectivity index (χ0n) is 15.4. The van der Waals surface area contributed by atoms with Gasteiger partial charge in [-0.15, -0.1) is 0 Å². The Labute approximate surface area is 159 Å². The molecule has 0 saturated carbocycles. The van der Waals surface area contributed by atoms with E-state index in [1.54, 1.807) is 11.0 Å². The largest absolute Gasteiger partial charge is 0.493 e. The molecule has 0 saturated heterocycles. The van der Waals surface area contributed by atoms with Gasteiger partial charge in [-0.05, 0) is 36.6 Å². The van der Waals surface area contributed by atoms with Crippen LogP contribution in [0.15, 0.2) is 54.6 Å². The zero-order valence-corrected chi connectivity index (χ0v) is 15.4. The molecule has 0 radical (unpaired) electrons. The first-order valence-electron chi connectivity index (χ1n) is 9.08. The van der Waals surface area contributed by atoms with Crippen molar-refractivity contribution in [3.8, 4) is 5.75 Å². The average molecular weight is 365 g/mol. The smallest absolute Gasteiger partial charge is 0.331 e. The molecule has 0 fully saturated rings. The molecule has 2 aromatic carbocycles.